The first-order valence-corrected chi connectivity index (χ1v) is 7.94. The van der Waals surface area contributed by atoms with E-state index in [1.807, 2.05) is 45.0 Å². The van der Waals surface area contributed by atoms with Crippen LogP contribution in [0, 0.1) is 6.92 Å². The van der Waals surface area contributed by atoms with Crippen molar-refractivity contribution in [3.63, 3.8) is 0 Å². The molecule has 2 rings (SSSR count). The molecule has 2 N–H and O–H groups in total. The van der Waals surface area contributed by atoms with Crippen LogP contribution in [0.5, 0.6) is 0 Å². The minimum atomic E-state index is -0.339. The molecule has 0 amide bonds. The second kappa shape index (κ2) is 6.31. The third kappa shape index (κ3) is 3.27. The van der Waals surface area contributed by atoms with Crippen molar-refractivity contribution in [3.05, 3.63) is 40.3 Å². The van der Waals surface area contributed by atoms with Crippen LogP contribution in [0.25, 0.3) is 11.1 Å². The van der Waals surface area contributed by atoms with E-state index < -0.39 is 0 Å². The van der Waals surface area contributed by atoms with Gasteiger partial charge in [-0.25, -0.2) is 4.79 Å². The Morgan fingerprint density at radius 1 is 1.29 bits per heavy atom. The largest absolute Gasteiger partial charge is 0.459 e. The van der Waals surface area contributed by atoms with E-state index in [1.54, 1.807) is 0 Å². The molecule has 0 unspecified atom stereocenters. The summed E-state index contributed by atoms with van der Waals surface area (Å²) in [5.74, 6) is -0.339. The van der Waals surface area contributed by atoms with Gasteiger partial charge in [0.25, 0.3) is 0 Å². The third-order valence-electron chi connectivity index (χ3n) is 3.22. The molecule has 1 aromatic carbocycles. The van der Waals surface area contributed by atoms with Gasteiger partial charge in [-0.15, -0.1) is 11.3 Å². The topological polar surface area (TPSA) is 52.3 Å². The number of anilines is 1. The molecule has 21 heavy (non-hydrogen) atoms. The van der Waals surface area contributed by atoms with Crippen LogP contribution in [0.1, 0.15) is 41.6 Å². The Morgan fingerprint density at radius 3 is 2.43 bits per heavy atom. The molecule has 0 spiro atoms. The van der Waals surface area contributed by atoms with E-state index in [0.29, 0.717) is 10.6 Å². The molecule has 0 aliphatic carbocycles. The number of esters is 1. The van der Waals surface area contributed by atoms with Crippen LogP contribution in [-0.2, 0) is 11.2 Å². The lowest BCUT2D eigenvalue weighted by Gasteiger charge is -2.11. The average Bonchev–Trinajstić information content (AvgIpc) is 2.75. The number of hydrogen-bond acceptors (Lipinski definition) is 4. The van der Waals surface area contributed by atoms with E-state index in [-0.39, 0.29) is 12.1 Å². The highest BCUT2D eigenvalue weighted by Gasteiger charge is 2.24. The zero-order chi connectivity index (χ0) is 15.6. The van der Waals surface area contributed by atoms with Crippen LogP contribution in [0.2, 0.25) is 0 Å². The van der Waals surface area contributed by atoms with Gasteiger partial charge in [-0.3, -0.25) is 0 Å². The summed E-state index contributed by atoms with van der Waals surface area (Å²) < 4.78 is 5.35. The molecule has 0 aliphatic heterocycles. The Morgan fingerprint density at radius 2 is 1.90 bits per heavy atom. The molecule has 3 nitrogen and oxygen atoms in total. The number of hydrogen-bond donors (Lipinski definition) is 1. The normalized spacial score (nSPS) is 10.9. The first kappa shape index (κ1) is 15.6. The number of benzene rings is 1. The summed E-state index contributed by atoms with van der Waals surface area (Å²) in [5, 5.41) is 0.535. The molecular formula is C17H21NO2S. The van der Waals surface area contributed by atoms with Crippen LogP contribution in [-0.4, -0.2) is 12.1 Å². The number of rotatable bonds is 4. The summed E-state index contributed by atoms with van der Waals surface area (Å²) in [6, 6.07) is 8.14. The highest BCUT2D eigenvalue weighted by molar-refractivity contribution is 7.17. The van der Waals surface area contributed by atoms with Gasteiger partial charge in [-0.2, -0.15) is 0 Å². The van der Waals surface area contributed by atoms with Gasteiger partial charge in [0.1, 0.15) is 10.6 Å². The smallest absolute Gasteiger partial charge is 0.342 e. The second-order valence-electron chi connectivity index (χ2n) is 5.31. The average molecular weight is 303 g/mol. The minimum absolute atomic E-state index is 0.159. The molecule has 4 heteroatoms. The van der Waals surface area contributed by atoms with Crippen LogP contribution in [0.15, 0.2) is 24.3 Å². The van der Waals surface area contributed by atoms with Gasteiger partial charge in [0.2, 0.25) is 0 Å². The maximum Gasteiger partial charge on any atom is 0.342 e. The number of nitrogens with two attached hydrogens (primary N) is 1. The molecule has 0 saturated carbocycles. The summed E-state index contributed by atoms with van der Waals surface area (Å²) in [7, 11) is 0. The maximum absolute atomic E-state index is 12.4. The van der Waals surface area contributed by atoms with Gasteiger partial charge in [0.05, 0.1) is 6.10 Å². The van der Waals surface area contributed by atoms with E-state index in [9.17, 15) is 4.79 Å². The van der Waals surface area contributed by atoms with Gasteiger partial charge in [0.15, 0.2) is 0 Å². The predicted octanol–water partition coefficient (Wildman–Crippen LogP) is 4.43. The van der Waals surface area contributed by atoms with E-state index in [1.165, 1.54) is 16.9 Å². The number of carbonyl (C=O) groups excluding carboxylic acids is 1. The molecule has 1 heterocycles. The summed E-state index contributed by atoms with van der Waals surface area (Å²) in [6.45, 7) is 7.79. The summed E-state index contributed by atoms with van der Waals surface area (Å²) in [5.41, 5.74) is 9.71. The van der Waals surface area contributed by atoms with Crippen LogP contribution >= 0.6 is 11.3 Å². The SMILES string of the molecule is CCc1sc(N)c(C(=O)OC(C)C)c1-c1ccc(C)cc1. The van der Waals surface area contributed by atoms with Gasteiger partial charge in [-0.05, 0) is 32.8 Å². The van der Waals surface area contributed by atoms with Gasteiger partial charge >= 0.3 is 5.97 Å². The Hall–Kier alpha value is -1.81. The van der Waals surface area contributed by atoms with E-state index in [0.717, 1.165) is 22.4 Å². The highest BCUT2D eigenvalue weighted by atomic mass is 32.1. The van der Waals surface area contributed by atoms with Crippen LogP contribution < -0.4 is 5.73 Å². The van der Waals surface area contributed by atoms with Crippen molar-refractivity contribution in [1.82, 2.24) is 0 Å². The Bertz CT molecular complexity index is 642. The van der Waals surface area contributed by atoms with Crippen LogP contribution in [0.4, 0.5) is 5.00 Å². The molecular weight excluding hydrogens is 282 g/mol. The Kier molecular flexibility index (Phi) is 4.68. The lowest BCUT2D eigenvalue weighted by atomic mass is 9.99. The second-order valence-corrected chi connectivity index (χ2v) is 6.45. The highest BCUT2D eigenvalue weighted by Crippen LogP contribution is 2.39. The number of thiophene rings is 1. The van der Waals surface area contributed by atoms with Crippen molar-refractivity contribution < 1.29 is 9.53 Å². The first-order valence-electron chi connectivity index (χ1n) is 7.13. The Labute approximate surface area is 129 Å². The lowest BCUT2D eigenvalue weighted by molar-refractivity contribution is 0.0380. The molecule has 1 aromatic heterocycles. The van der Waals surface area contributed by atoms with Crippen molar-refractivity contribution >= 4 is 22.3 Å². The molecule has 0 atom stereocenters. The summed E-state index contributed by atoms with van der Waals surface area (Å²) in [4.78, 5) is 13.5. The van der Waals surface area contributed by atoms with Gasteiger partial charge in [-0.1, -0.05) is 36.8 Å². The fourth-order valence-corrected chi connectivity index (χ4v) is 3.27. The van der Waals surface area contributed by atoms with Crippen molar-refractivity contribution in [1.29, 1.82) is 0 Å². The van der Waals surface area contributed by atoms with Crippen molar-refractivity contribution in [2.24, 2.45) is 0 Å². The van der Waals surface area contributed by atoms with Gasteiger partial charge in [0, 0.05) is 10.4 Å². The quantitative estimate of drug-likeness (QED) is 0.850. The Balaban J connectivity index is 2.57. The monoisotopic (exact) mass is 303 g/mol. The van der Waals surface area contributed by atoms with Gasteiger partial charge < -0.3 is 10.5 Å². The van der Waals surface area contributed by atoms with Crippen molar-refractivity contribution in [2.75, 3.05) is 5.73 Å². The van der Waals surface area contributed by atoms with Crippen molar-refractivity contribution in [2.45, 2.75) is 40.2 Å². The standard InChI is InChI=1S/C17H21NO2S/c1-5-13-14(12-8-6-11(4)7-9-12)15(16(18)21-13)17(19)20-10(2)3/h6-10H,5,18H2,1-4H3. The molecule has 0 saturated heterocycles. The lowest BCUT2D eigenvalue weighted by Crippen LogP contribution is -2.13. The molecule has 0 fully saturated rings. The first-order chi connectivity index (χ1) is 9.93. The minimum Gasteiger partial charge on any atom is -0.459 e. The number of ether oxygens (including phenoxy) is 1. The van der Waals surface area contributed by atoms with E-state index >= 15 is 0 Å². The molecule has 2 aromatic rings. The number of carbonyl (C=O) groups is 1. The van der Waals surface area contributed by atoms with Crippen LogP contribution in [0.3, 0.4) is 0 Å². The zero-order valence-corrected chi connectivity index (χ0v) is 13.7. The fraction of sp³-hybridized carbons (Fsp3) is 0.353. The molecule has 0 radical (unpaired) electrons. The molecule has 0 aliphatic rings. The maximum atomic E-state index is 12.4. The fourth-order valence-electron chi connectivity index (χ4n) is 2.25. The summed E-state index contributed by atoms with van der Waals surface area (Å²) in [6.07, 6.45) is 0.681. The van der Waals surface area contributed by atoms with E-state index in [2.05, 4.69) is 6.92 Å². The van der Waals surface area contributed by atoms with E-state index in [4.69, 9.17) is 10.5 Å². The molecule has 0 bridgehead atoms. The predicted molar refractivity (Wildman–Crippen MR) is 88.8 cm³/mol. The van der Waals surface area contributed by atoms with Crippen molar-refractivity contribution in [3.8, 4) is 11.1 Å². The third-order valence-corrected chi connectivity index (χ3v) is 4.38. The zero-order valence-electron chi connectivity index (χ0n) is 12.9. The summed E-state index contributed by atoms with van der Waals surface area (Å²) >= 11 is 1.47. The molecule has 112 valence electrons. The number of aryl methyl sites for hydroxylation is 2. The number of nitrogen functional groups attached to an aromatic ring is 1.